The number of rotatable bonds is 3. The fourth-order valence-electron chi connectivity index (χ4n) is 2.08. The molecule has 1 saturated heterocycles. The van der Waals surface area contributed by atoms with Crippen molar-refractivity contribution in [2.75, 3.05) is 46.5 Å². The summed E-state index contributed by atoms with van der Waals surface area (Å²) in [5.41, 5.74) is 0. The van der Waals surface area contributed by atoms with Crippen LogP contribution < -0.4 is 5.32 Å². The molecule has 118 valence electrons. The molecule has 0 aromatic heterocycles. The molecule has 1 fully saturated rings. The first-order valence-electron chi connectivity index (χ1n) is 6.95. The standard InChI is InChI=1S/C13H28N4O2S/c1-11(16(5)6)9-15-12(14-4)17-7-8-20(18,19)13(2,3)10-17/h11H,7-10H2,1-6H3,(H,14,15). The van der Waals surface area contributed by atoms with Gasteiger partial charge in [-0.1, -0.05) is 0 Å². The maximum atomic E-state index is 12.0. The van der Waals surface area contributed by atoms with Crippen LogP contribution in [-0.4, -0.2) is 81.5 Å². The second-order valence-electron chi connectivity index (χ2n) is 6.24. The smallest absolute Gasteiger partial charge is 0.193 e. The molecular formula is C13H28N4O2S. The fourth-order valence-corrected chi connectivity index (χ4v) is 3.44. The average molecular weight is 304 g/mol. The van der Waals surface area contributed by atoms with E-state index < -0.39 is 14.6 Å². The van der Waals surface area contributed by atoms with E-state index in [4.69, 9.17) is 0 Å². The van der Waals surface area contributed by atoms with Gasteiger partial charge in [-0.2, -0.15) is 0 Å². The van der Waals surface area contributed by atoms with Crippen LogP contribution in [-0.2, 0) is 9.84 Å². The molecule has 1 heterocycles. The van der Waals surface area contributed by atoms with Crippen LogP contribution in [0.5, 0.6) is 0 Å². The number of guanidine groups is 1. The molecule has 7 heteroatoms. The van der Waals surface area contributed by atoms with Crippen molar-refractivity contribution in [2.24, 2.45) is 4.99 Å². The molecule has 0 aromatic rings. The lowest BCUT2D eigenvalue weighted by molar-refractivity contribution is 0.304. The van der Waals surface area contributed by atoms with Gasteiger partial charge in [-0.05, 0) is 34.9 Å². The first-order valence-corrected chi connectivity index (χ1v) is 8.60. The fraction of sp³-hybridized carbons (Fsp3) is 0.923. The topological polar surface area (TPSA) is 65.0 Å². The Labute approximate surface area is 123 Å². The maximum absolute atomic E-state index is 12.0. The molecule has 0 aliphatic carbocycles. The number of hydrogen-bond acceptors (Lipinski definition) is 4. The Morgan fingerprint density at radius 2 is 2.05 bits per heavy atom. The lowest BCUT2D eigenvalue weighted by Crippen LogP contribution is -2.58. The third-order valence-corrected chi connectivity index (χ3v) is 6.52. The summed E-state index contributed by atoms with van der Waals surface area (Å²) in [6, 6.07) is 0.383. The quantitative estimate of drug-likeness (QED) is 0.588. The van der Waals surface area contributed by atoms with Gasteiger partial charge < -0.3 is 15.1 Å². The summed E-state index contributed by atoms with van der Waals surface area (Å²) in [4.78, 5) is 8.44. The van der Waals surface area contributed by atoms with Gasteiger partial charge >= 0.3 is 0 Å². The lowest BCUT2D eigenvalue weighted by Gasteiger charge is -2.39. The molecule has 1 aliphatic heterocycles. The zero-order chi connectivity index (χ0) is 15.6. The van der Waals surface area contributed by atoms with Crippen LogP contribution in [0.15, 0.2) is 4.99 Å². The molecule has 0 spiro atoms. The minimum atomic E-state index is -3.01. The summed E-state index contributed by atoms with van der Waals surface area (Å²) < 4.78 is 23.3. The number of sulfone groups is 1. The summed E-state index contributed by atoms with van der Waals surface area (Å²) >= 11 is 0. The molecule has 1 aliphatic rings. The molecule has 0 amide bonds. The van der Waals surface area contributed by atoms with Crippen molar-refractivity contribution in [3.05, 3.63) is 0 Å². The molecule has 20 heavy (non-hydrogen) atoms. The monoisotopic (exact) mass is 304 g/mol. The Kier molecular flexibility index (Phi) is 5.43. The van der Waals surface area contributed by atoms with Crippen LogP contribution in [0.1, 0.15) is 20.8 Å². The number of nitrogens with zero attached hydrogens (tertiary/aromatic N) is 3. The minimum absolute atomic E-state index is 0.184. The van der Waals surface area contributed by atoms with Gasteiger partial charge in [0.25, 0.3) is 0 Å². The first kappa shape index (κ1) is 17.2. The van der Waals surface area contributed by atoms with Gasteiger partial charge in [0.2, 0.25) is 0 Å². The third kappa shape index (κ3) is 3.85. The molecule has 0 bridgehead atoms. The Morgan fingerprint density at radius 3 is 2.50 bits per heavy atom. The number of likely N-dealkylation sites (N-methyl/N-ethyl adjacent to an activating group) is 1. The van der Waals surface area contributed by atoms with Gasteiger partial charge in [0.05, 0.1) is 10.5 Å². The third-order valence-electron chi connectivity index (χ3n) is 3.99. The van der Waals surface area contributed by atoms with Gasteiger partial charge in [-0.3, -0.25) is 4.99 Å². The van der Waals surface area contributed by atoms with Crippen molar-refractivity contribution >= 4 is 15.8 Å². The molecular weight excluding hydrogens is 276 g/mol. The van der Waals surface area contributed by atoms with E-state index >= 15 is 0 Å². The maximum Gasteiger partial charge on any atom is 0.193 e. The Hall–Kier alpha value is -0.820. The molecule has 0 saturated carbocycles. The van der Waals surface area contributed by atoms with Crippen LogP contribution in [0.3, 0.4) is 0 Å². The Balaban J connectivity index is 2.69. The van der Waals surface area contributed by atoms with Gasteiger partial charge in [0.15, 0.2) is 15.8 Å². The molecule has 0 aromatic carbocycles. The highest BCUT2D eigenvalue weighted by Crippen LogP contribution is 2.23. The van der Waals surface area contributed by atoms with Gasteiger partial charge in [-0.15, -0.1) is 0 Å². The average Bonchev–Trinajstić information content (AvgIpc) is 2.33. The molecule has 1 atom stereocenters. The lowest BCUT2D eigenvalue weighted by atomic mass is 10.2. The summed E-state index contributed by atoms with van der Waals surface area (Å²) in [7, 11) is 2.79. The number of nitrogens with one attached hydrogen (secondary N) is 1. The Morgan fingerprint density at radius 1 is 1.45 bits per heavy atom. The summed E-state index contributed by atoms with van der Waals surface area (Å²) in [6.07, 6.45) is 0. The predicted molar refractivity (Wildman–Crippen MR) is 83.9 cm³/mol. The van der Waals surface area contributed by atoms with Crippen molar-refractivity contribution in [3.63, 3.8) is 0 Å². The predicted octanol–water partition coefficient (Wildman–Crippen LogP) is 0.0209. The highest BCUT2D eigenvalue weighted by atomic mass is 32.2. The minimum Gasteiger partial charge on any atom is -0.355 e. The number of aliphatic imine (C=N–C) groups is 1. The highest BCUT2D eigenvalue weighted by molar-refractivity contribution is 7.92. The summed E-state index contributed by atoms with van der Waals surface area (Å²) in [5, 5.41) is 3.32. The zero-order valence-corrected chi connectivity index (χ0v) is 14.3. The van der Waals surface area contributed by atoms with E-state index in [0.717, 1.165) is 12.5 Å². The van der Waals surface area contributed by atoms with Gasteiger partial charge in [0, 0.05) is 32.7 Å². The van der Waals surface area contributed by atoms with E-state index in [0.29, 0.717) is 19.1 Å². The van der Waals surface area contributed by atoms with Crippen molar-refractivity contribution in [3.8, 4) is 0 Å². The summed E-state index contributed by atoms with van der Waals surface area (Å²) in [6.45, 7) is 7.45. The van der Waals surface area contributed by atoms with E-state index in [-0.39, 0.29) is 5.75 Å². The molecule has 1 unspecified atom stereocenters. The second kappa shape index (κ2) is 6.30. The number of hydrogen-bond donors (Lipinski definition) is 1. The van der Waals surface area contributed by atoms with Crippen LogP contribution in [0.4, 0.5) is 0 Å². The zero-order valence-electron chi connectivity index (χ0n) is 13.5. The molecule has 0 radical (unpaired) electrons. The van der Waals surface area contributed by atoms with Crippen LogP contribution in [0, 0.1) is 0 Å². The largest absolute Gasteiger partial charge is 0.355 e. The molecule has 6 nitrogen and oxygen atoms in total. The second-order valence-corrected chi connectivity index (χ2v) is 8.98. The Bertz CT molecular complexity index is 457. The van der Waals surface area contributed by atoms with Crippen molar-refractivity contribution in [2.45, 2.75) is 31.6 Å². The SMILES string of the molecule is CN=C(NCC(C)N(C)C)N1CCS(=O)(=O)C(C)(C)C1. The van der Waals surface area contributed by atoms with E-state index in [9.17, 15) is 8.42 Å². The van der Waals surface area contributed by atoms with Gasteiger partial charge in [0.1, 0.15) is 0 Å². The van der Waals surface area contributed by atoms with E-state index in [1.807, 2.05) is 19.0 Å². The van der Waals surface area contributed by atoms with E-state index in [2.05, 4.69) is 22.1 Å². The normalized spacial score (nSPS) is 23.8. The van der Waals surface area contributed by atoms with Crippen LogP contribution >= 0.6 is 0 Å². The van der Waals surface area contributed by atoms with E-state index in [1.165, 1.54) is 0 Å². The van der Waals surface area contributed by atoms with Crippen molar-refractivity contribution in [1.29, 1.82) is 0 Å². The van der Waals surface area contributed by atoms with Crippen LogP contribution in [0.25, 0.3) is 0 Å². The highest BCUT2D eigenvalue weighted by Gasteiger charge is 2.40. The first-order chi connectivity index (χ1) is 9.10. The van der Waals surface area contributed by atoms with Gasteiger partial charge in [-0.25, -0.2) is 8.42 Å². The van der Waals surface area contributed by atoms with Crippen LogP contribution in [0.2, 0.25) is 0 Å². The van der Waals surface area contributed by atoms with Crippen molar-refractivity contribution in [1.82, 2.24) is 15.1 Å². The molecule has 1 N–H and O–H groups in total. The van der Waals surface area contributed by atoms with E-state index in [1.54, 1.807) is 20.9 Å². The van der Waals surface area contributed by atoms with Crippen molar-refractivity contribution < 1.29 is 8.42 Å². The summed E-state index contributed by atoms with van der Waals surface area (Å²) in [5.74, 6) is 0.964. The molecule has 1 rings (SSSR count).